The summed E-state index contributed by atoms with van der Waals surface area (Å²) >= 11 is 0. The Kier molecular flexibility index (Phi) is 3.06. The number of rotatable bonds is 1. The summed E-state index contributed by atoms with van der Waals surface area (Å²) in [6, 6.07) is 0. The van der Waals surface area contributed by atoms with Crippen LogP contribution in [0.1, 0.15) is 26.2 Å². The smallest absolute Gasteiger partial charge is 0.0811 e. The quantitative estimate of drug-likeness (QED) is 0.621. The van der Waals surface area contributed by atoms with Gasteiger partial charge >= 0.3 is 0 Å². The van der Waals surface area contributed by atoms with E-state index in [0.29, 0.717) is 12.8 Å². The Morgan fingerprint density at radius 1 is 1.58 bits per heavy atom. The summed E-state index contributed by atoms with van der Waals surface area (Å²) in [6.07, 6.45) is 3.07. The highest BCUT2D eigenvalue weighted by Gasteiger charge is 2.24. The van der Waals surface area contributed by atoms with Gasteiger partial charge < -0.3 is 10.2 Å². The Labute approximate surface area is 73.2 Å². The molecular formula is C10H16O2. The normalized spacial score (nSPS) is 34.2. The molecule has 2 atom stereocenters. The van der Waals surface area contributed by atoms with E-state index in [0.717, 1.165) is 17.6 Å². The largest absolute Gasteiger partial charge is 0.393 e. The monoisotopic (exact) mass is 168 g/mol. The summed E-state index contributed by atoms with van der Waals surface area (Å²) in [4.78, 5) is 0. The molecule has 1 fully saturated rings. The van der Waals surface area contributed by atoms with Gasteiger partial charge in [0.05, 0.1) is 12.2 Å². The summed E-state index contributed by atoms with van der Waals surface area (Å²) in [7, 11) is 0. The molecule has 0 aliphatic heterocycles. The first-order chi connectivity index (χ1) is 5.65. The molecule has 1 rings (SSSR count). The minimum absolute atomic E-state index is 0.400. The molecule has 0 aromatic rings. The standard InChI is InChI=1S/C10H16O2/c1-3-4-8-5-9(11)6-10(12)7(8)2/h4,9-12H,2-3,5-6H2,1H3/b8-4-/t9-,10+/m1/s1. The summed E-state index contributed by atoms with van der Waals surface area (Å²) in [5, 5.41) is 18.8. The first kappa shape index (κ1) is 9.49. The van der Waals surface area contributed by atoms with Gasteiger partial charge in [-0.05, 0) is 24.0 Å². The Balaban J connectivity index is 2.73. The molecule has 0 saturated heterocycles. The minimum atomic E-state index is -0.549. The molecule has 12 heavy (non-hydrogen) atoms. The van der Waals surface area contributed by atoms with Gasteiger partial charge in [-0.1, -0.05) is 19.6 Å². The van der Waals surface area contributed by atoms with Crippen LogP contribution in [-0.4, -0.2) is 22.4 Å². The van der Waals surface area contributed by atoms with Gasteiger partial charge in [0.1, 0.15) is 0 Å². The molecule has 0 aromatic carbocycles. The van der Waals surface area contributed by atoms with Crippen LogP contribution in [0, 0.1) is 0 Å². The molecule has 0 heterocycles. The van der Waals surface area contributed by atoms with Crippen LogP contribution in [0.5, 0.6) is 0 Å². The maximum atomic E-state index is 9.44. The van der Waals surface area contributed by atoms with Crippen molar-refractivity contribution in [3.63, 3.8) is 0 Å². The zero-order chi connectivity index (χ0) is 9.14. The Hall–Kier alpha value is -0.600. The van der Waals surface area contributed by atoms with E-state index < -0.39 is 12.2 Å². The molecule has 2 nitrogen and oxygen atoms in total. The predicted molar refractivity (Wildman–Crippen MR) is 48.8 cm³/mol. The lowest BCUT2D eigenvalue weighted by molar-refractivity contribution is 0.0861. The van der Waals surface area contributed by atoms with Crippen molar-refractivity contribution in [2.45, 2.75) is 38.4 Å². The molecule has 1 aliphatic carbocycles. The van der Waals surface area contributed by atoms with Crippen molar-refractivity contribution < 1.29 is 10.2 Å². The molecule has 0 amide bonds. The van der Waals surface area contributed by atoms with Crippen molar-refractivity contribution in [2.75, 3.05) is 0 Å². The molecule has 0 unspecified atom stereocenters. The molecule has 1 aliphatic rings. The van der Waals surface area contributed by atoms with E-state index in [2.05, 4.69) is 6.58 Å². The lowest BCUT2D eigenvalue weighted by atomic mass is 9.86. The lowest BCUT2D eigenvalue weighted by Gasteiger charge is -2.26. The number of aliphatic hydroxyl groups is 2. The highest BCUT2D eigenvalue weighted by molar-refractivity contribution is 5.34. The van der Waals surface area contributed by atoms with Gasteiger partial charge in [0, 0.05) is 6.42 Å². The summed E-state index contributed by atoms with van der Waals surface area (Å²) in [6.45, 7) is 5.84. The van der Waals surface area contributed by atoms with Crippen LogP contribution < -0.4 is 0 Å². The molecule has 0 aromatic heterocycles. The molecule has 1 saturated carbocycles. The first-order valence-corrected chi connectivity index (χ1v) is 4.39. The zero-order valence-corrected chi connectivity index (χ0v) is 7.45. The van der Waals surface area contributed by atoms with Crippen LogP contribution >= 0.6 is 0 Å². The maximum Gasteiger partial charge on any atom is 0.0811 e. The average molecular weight is 168 g/mol. The van der Waals surface area contributed by atoms with Crippen molar-refractivity contribution in [1.29, 1.82) is 0 Å². The molecule has 0 spiro atoms. The summed E-state index contributed by atoms with van der Waals surface area (Å²) in [5.41, 5.74) is 1.80. The number of aliphatic hydroxyl groups excluding tert-OH is 2. The van der Waals surface area contributed by atoms with Gasteiger partial charge in [-0.25, -0.2) is 0 Å². The summed E-state index contributed by atoms with van der Waals surface area (Å²) < 4.78 is 0. The SMILES string of the molecule is C=C1/C(=C\CC)C[C@@H](O)C[C@@H]1O. The van der Waals surface area contributed by atoms with Gasteiger partial charge in [0.25, 0.3) is 0 Å². The topological polar surface area (TPSA) is 40.5 Å². The Morgan fingerprint density at radius 2 is 2.25 bits per heavy atom. The van der Waals surface area contributed by atoms with E-state index >= 15 is 0 Å². The fourth-order valence-corrected chi connectivity index (χ4v) is 1.54. The van der Waals surface area contributed by atoms with E-state index in [1.807, 2.05) is 13.0 Å². The van der Waals surface area contributed by atoms with Crippen molar-refractivity contribution in [1.82, 2.24) is 0 Å². The number of hydrogen-bond donors (Lipinski definition) is 2. The third-order valence-corrected chi connectivity index (χ3v) is 2.22. The highest BCUT2D eigenvalue weighted by Crippen LogP contribution is 2.28. The van der Waals surface area contributed by atoms with Crippen molar-refractivity contribution in [2.24, 2.45) is 0 Å². The molecule has 2 N–H and O–H groups in total. The zero-order valence-electron chi connectivity index (χ0n) is 7.45. The van der Waals surface area contributed by atoms with E-state index in [9.17, 15) is 10.2 Å². The molecule has 0 radical (unpaired) electrons. The third kappa shape index (κ3) is 1.96. The van der Waals surface area contributed by atoms with Gasteiger partial charge in [-0.2, -0.15) is 0 Å². The highest BCUT2D eigenvalue weighted by atomic mass is 16.3. The minimum Gasteiger partial charge on any atom is -0.393 e. The van der Waals surface area contributed by atoms with Crippen molar-refractivity contribution in [3.8, 4) is 0 Å². The van der Waals surface area contributed by atoms with Crippen LogP contribution in [0.2, 0.25) is 0 Å². The van der Waals surface area contributed by atoms with Crippen LogP contribution in [0.4, 0.5) is 0 Å². The van der Waals surface area contributed by atoms with Crippen LogP contribution in [0.15, 0.2) is 23.8 Å². The van der Waals surface area contributed by atoms with Crippen molar-refractivity contribution in [3.05, 3.63) is 23.8 Å². The van der Waals surface area contributed by atoms with E-state index in [4.69, 9.17) is 0 Å². The predicted octanol–water partition coefficient (Wildman–Crippen LogP) is 1.39. The lowest BCUT2D eigenvalue weighted by Crippen LogP contribution is -2.26. The first-order valence-electron chi connectivity index (χ1n) is 4.39. The van der Waals surface area contributed by atoms with E-state index in [-0.39, 0.29) is 0 Å². The van der Waals surface area contributed by atoms with Gasteiger partial charge in [0.2, 0.25) is 0 Å². The van der Waals surface area contributed by atoms with E-state index in [1.54, 1.807) is 0 Å². The van der Waals surface area contributed by atoms with Gasteiger partial charge in [-0.3, -0.25) is 0 Å². The van der Waals surface area contributed by atoms with Gasteiger partial charge in [0.15, 0.2) is 0 Å². The van der Waals surface area contributed by atoms with Crippen molar-refractivity contribution >= 4 is 0 Å². The average Bonchev–Trinajstić information content (AvgIpc) is 2.00. The third-order valence-electron chi connectivity index (χ3n) is 2.22. The molecule has 68 valence electrons. The number of hydrogen-bond acceptors (Lipinski definition) is 2. The van der Waals surface area contributed by atoms with Crippen LogP contribution in [-0.2, 0) is 0 Å². The maximum absolute atomic E-state index is 9.44. The van der Waals surface area contributed by atoms with Gasteiger partial charge in [-0.15, -0.1) is 0 Å². The second-order valence-electron chi connectivity index (χ2n) is 3.27. The fraction of sp³-hybridized carbons (Fsp3) is 0.600. The Bertz CT molecular complexity index is 206. The van der Waals surface area contributed by atoms with Crippen LogP contribution in [0.25, 0.3) is 0 Å². The molecular weight excluding hydrogens is 152 g/mol. The summed E-state index contributed by atoms with van der Waals surface area (Å²) in [5.74, 6) is 0. The second-order valence-corrected chi connectivity index (χ2v) is 3.27. The molecule has 0 bridgehead atoms. The second kappa shape index (κ2) is 3.87. The molecule has 2 heteroatoms. The van der Waals surface area contributed by atoms with Crippen LogP contribution in [0.3, 0.4) is 0 Å². The fourth-order valence-electron chi connectivity index (χ4n) is 1.54. The Morgan fingerprint density at radius 3 is 2.83 bits per heavy atom. The number of allylic oxidation sites excluding steroid dienone is 1. The van der Waals surface area contributed by atoms with E-state index in [1.165, 1.54) is 0 Å².